The molecule has 2 amide bonds. The average Bonchev–Trinajstić information content (AvgIpc) is 2.98. The molecule has 0 radical (unpaired) electrons. The van der Waals surface area contributed by atoms with E-state index < -0.39 is 0 Å². The van der Waals surface area contributed by atoms with Gasteiger partial charge in [-0.1, -0.05) is 18.2 Å². The van der Waals surface area contributed by atoms with Crippen molar-refractivity contribution in [3.05, 3.63) is 59.9 Å². The Labute approximate surface area is 154 Å². The number of urea groups is 1. The van der Waals surface area contributed by atoms with Gasteiger partial charge in [0.05, 0.1) is 25.4 Å². The van der Waals surface area contributed by atoms with Crippen LogP contribution in [0.15, 0.2) is 48.7 Å². The van der Waals surface area contributed by atoms with Crippen molar-refractivity contribution in [3.8, 4) is 5.75 Å². The van der Waals surface area contributed by atoms with Gasteiger partial charge >= 0.3 is 6.03 Å². The highest BCUT2D eigenvalue weighted by atomic mass is 16.5. The van der Waals surface area contributed by atoms with Crippen molar-refractivity contribution in [2.24, 2.45) is 0 Å². The molecule has 0 spiro atoms. The summed E-state index contributed by atoms with van der Waals surface area (Å²) in [7, 11) is 1.69. The second-order valence-electron chi connectivity index (χ2n) is 6.92. The summed E-state index contributed by atoms with van der Waals surface area (Å²) in [5.41, 5.74) is 2.18. The molecule has 6 heteroatoms. The van der Waals surface area contributed by atoms with Gasteiger partial charge in [-0.2, -0.15) is 0 Å². The molecular formula is C20H24N4O2. The molecule has 1 unspecified atom stereocenters. The Kier molecular flexibility index (Phi) is 4.75. The fraction of sp³-hybridized carbons (Fsp3) is 0.400. The number of rotatable bonds is 5. The Morgan fingerprint density at radius 2 is 2.04 bits per heavy atom. The molecule has 2 saturated heterocycles. The third-order valence-corrected chi connectivity index (χ3v) is 5.13. The third kappa shape index (κ3) is 3.51. The van der Waals surface area contributed by atoms with Crippen molar-refractivity contribution in [2.75, 3.05) is 33.3 Å². The van der Waals surface area contributed by atoms with Crippen molar-refractivity contribution in [1.82, 2.24) is 19.7 Å². The minimum atomic E-state index is 0.140. The maximum absolute atomic E-state index is 12.7. The lowest BCUT2D eigenvalue weighted by atomic mass is 10.1. The van der Waals surface area contributed by atoms with Crippen LogP contribution >= 0.6 is 0 Å². The van der Waals surface area contributed by atoms with Gasteiger partial charge in [-0.3, -0.25) is 9.88 Å². The minimum absolute atomic E-state index is 0.140. The maximum Gasteiger partial charge on any atom is 0.320 e. The predicted octanol–water partition coefficient (Wildman–Crippen LogP) is 2.21. The first kappa shape index (κ1) is 16.8. The molecule has 4 rings (SSSR count). The highest BCUT2D eigenvalue weighted by molar-refractivity contribution is 5.77. The zero-order chi connectivity index (χ0) is 17.9. The number of amides is 2. The van der Waals surface area contributed by atoms with E-state index in [-0.39, 0.29) is 12.1 Å². The Hall–Kier alpha value is -2.60. The summed E-state index contributed by atoms with van der Waals surface area (Å²) < 4.78 is 5.31. The summed E-state index contributed by atoms with van der Waals surface area (Å²) in [6, 6.07) is 14.4. The minimum Gasteiger partial charge on any atom is -0.497 e. The molecule has 1 aromatic heterocycles. The van der Waals surface area contributed by atoms with Gasteiger partial charge in [0.15, 0.2) is 0 Å². The van der Waals surface area contributed by atoms with E-state index in [1.807, 2.05) is 40.1 Å². The number of hydrogen-bond acceptors (Lipinski definition) is 4. The van der Waals surface area contributed by atoms with Crippen LogP contribution in [-0.2, 0) is 13.1 Å². The van der Waals surface area contributed by atoms with Gasteiger partial charge in [0.2, 0.25) is 0 Å². The fourth-order valence-electron chi connectivity index (χ4n) is 3.83. The lowest BCUT2D eigenvalue weighted by Gasteiger charge is -2.36. The van der Waals surface area contributed by atoms with Crippen molar-refractivity contribution in [2.45, 2.75) is 19.1 Å². The lowest BCUT2D eigenvalue weighted by molar-refractivity contribution is 0.116. The van der Waals surface area contributed by atoms with Crippen molar-refractivity contribution in [1.29, 1.82) is 0 Å². The fourth-order valence-corrected chi connectivity index (χ4v) is 3.83. The van der Waals surface area contributed by atoms with Crippen LogP contribution in [0.1, 0.15) is 11.3 Å². The molecule has 2 aliphatic rings. The molecule has 0 N–H and O–H groups in total. The van der Waals surface area contributed by atoms with Crippen LogP contribution in [0.2, 0.25) is 0 Å². The van der Waals surface area contributed by atoms with Crippen LogP contribution in [-0.4, -0.2) is 65.0 Å². The first-order chi connectivity index (χ1) is 12.7. The summed E-state index contributed by atoms with van der Waals surface area (Å²) in [4.78, 5) is 23.4. The summed E-state index contributed by atoms with van der Waals surface area (Å²) in [5, 5.41) is 0. The average molecular weight is 352 g/mol. The molecular weight excluding hydrogens is 328 g/mol. The van der Waals surface area contributed by atoms with Crippen LogP contribution in [0, 0.1) is 0 Å². The molecule has 3 heterocycles. The van der Waals surface area contributed by atoms with Gasteiger partial charge in [0, 0.05) is 38.9 Å². The summed E-state index contributed by atoms with van der Waals surface area (Å²) >= 11 is 0. The lowest BCUT2D eigenvalue weighted by Crippen LogP contribution is -2.51. The van der Waals surface area contributed by atoms with Gasteiger partial charge in [-0.05, 0) is 29.8 Å². The summed E-state index contributed by atoms with van der Waals surface area (Å²) in [6.07, 6.45) is 1.78. The highest BCUT2D eigenvalue weighted by Crippen LogP contribution is 2.23. The molecule has 26 heavy (non-hydrogen) atoms. The highest BCUT2D eigenvalue weighted by Gasteiger charge is 2.40. The van der Waals surface area contributed by atoms with E-state index >= 15 is 0 Å². The van der Waals surface area contributed by atoms with Gasteiger partial charge < -0.3 is 14.5 Å². The van der Waals surface area contributed by atoms with Crippen LogP contribution in [0.4, 0.5) is 4.79 Å². The number of nitrogens with zero attached hydrogens (tertiary/aromatic N) is 4. The van der Waals surface area contributed by atoms with Crippen molar-refractivity contribution < 1.29 is 9.53 Å². The number of benzene rings is 1. The molecule has 2 aromatic rings. The van der Waals surface area contributed by atoms with Gasteiger partial charge in [-0.15, -0.1) is 0 Å². The van der Waals surface area contributed by atoms with E-state index in [0.717, 1.165) is 44.2 Å². The zero-order valence-electron chi connectivity index (χ0n) is 15.0. The smallest absolute Gasteiger partial charge is 0.320 e. The Morgan fingerprint density at radius 3 is 2.85 bits per heavy atom. The van der Waals surface area contributed by atoms with Gasteiger partial charge in [0.1, 0.15) is 5.75 Å². The molecule has 0 saturated carbocycles. The normalized spacial score (nSPS) is 20.3. The topological polar surface area (TPSA) is 48.9 Å². The van der Waals surface area contributed by atoms with E-state index in [0.29, 0.717) is 6.54 Å². The maximum atomic E-state index is 12.7. The number of piperazine rings is 1. The Balaban J connectivity index is 1.38. The zero-order valence-corrected chi connectivity index (χ0v) is 15.0. The van der Waals surface area contributed by atoms with Gasteiger partial charge in [-0.25, -0.2) is 4.79 Å². The number of fused-ring (bicyclic) bond motifs is 1. The monoisotopic (exact) mass is 352 g/mol. The first-order valence-corrected chi connectivity index (χ1v) is 9.03. The van der Waals surface area contributed by atoms with E-state index in [1.54, 1.807) is 13.3 Å². The number of pyridine rings is 1. The molecule has 0 aliphatic carbocycles. The van der Waals surface area contributed by atoms with Crippen LogP contribution in [0.3, 0.4) is 0 Å². The number of carbonyl (C=O) groups excluding carboxylic acids is 1. The number of aromatic nitrogens is 1. The van der Waals surface area contributed by atoms with E-state index in [1.165, 1.54) is 5.56 Å². The molecule has 6 nitrogen and oxygen atoms in total. The van der Waals surface area contributed by atoms with Crippen LogP contribution < -0.4 is 4.74 Å². The molecule has 136 valence electrons. The standard InChI is InChI=1S/C20H24N4O2/c1-26-19-7-4-5-16(11-19)12-22-9-10-24-18(14-22)15-23(20(24)25)13-17-6-2-3-8-21-17/h2-8,11,18H,9-10,12-15H2,1H3. The first-order valence-electron chi connectivity index (χ1n) is 9.03. The molecule has 2 aliphatic heterocycles. The summed E-state index contributed by atoms with van der Waals surface area (Å²) in [5.74, 6) is 0.888. The second-order valence-corrected chi connectivity index (χ2v) is 6.92. The number of hydrogen-bond donors (Lipinski definition) is 0. The van der Waals surface area contributed by atoms with Crippen molar-refractivity contribution in [3.63, 3.8) is 0 Å². The van der Waals surface area contributed by atoms with E-state index in [2.05, 4.69) is 22.0 Å². The quantitative estimate of drug-likeness (QED) is 0.828. The molecule has 1 aromatic carbocycles. The third-order valence-electron chi connectivity index (χ3n) is 5.13. The summed E-state index contributed by atoms with van der Waals surface area (Å²) in [6.45, 7) is 4.83. The second kappa shape index (κ2) is 7.33. The van der Waals surface area contributed by atoms with Crippen molar-refractivity contribution >= 4 is 6.03 Å². The molecule has 2 fully saturated rings. The largest absolute Gasteiger partial charge is 0.497 e. The van der Waals surface area contributed by atoms with Crippen LogP contribution in [0.25, 0.3) is 0 Å². The SMILES string of the molecule is COc1cccc(CN2CCN3C(=O)N(Cc4ccccn4)CC3C2)c1. The van der Waals surface area contributed by atoms with Crippen LogP contribution in [0.5, 0.6) is 5.75 Å². The van der Waals surface area contributed by atoms with E-state index in [4.69, 9.17) is 4.74 Å². The van der Waals surface area contributed by atoms with Gasteiger partial charge in [0.25, 0.3) is 0 Å². The number of carbonyl (C=O) groups is 1. The number of methoxy groups -OCH3 is 1. The molecule has 1 atom stereocenters. The Morgan fingerprint density at radius 1 is 1.12 bits per heavy atom. The predicted molar refractivity (Wildman–Crippen MR) is 98.8 cm³/mol. The number of ether oxygens (including phenoxy) is 1. The Bertz CT molecular complexity index is 767. The molecule has 0 bridgehead atoms. The van der Waals surface area contributed by atoms with E-state index in [9.17, 15) is 4.79 Å².